The van der Waals surface area contributed by atoms with Crippen LogP contribution < -0.4 is 0 Å². The van der Waals surface area contributed by atoms with Gasteiger partial charge in [0.2, 0.25) is 0 Å². The highest BCUT2D eigenvalue weighted by molar-refractivity contribution is 6.31. The first-order chi connectivity index (χ1) is 13.3. The SMILES string of the molecule is O=C(c1cc(C(F)(F)F)[nH]n1)N(CCC1CCOCC1)Cc1ccccc1Cl. The van der Waals surface area contributed by atoms with Crippen LogP contribution in [-0.2, 0) is 17.5 Å². The fourth-order valence-corrected chi connectivity index (χ4v) is 3.39. The Balaban J connectivity index is 1.76. The molecule has 1 fully saturated rings. The quantitative estimate of drug-likeness (QED) is 0.753. The minimum atomic E-state index is -4.58. The average Bonchev–Trinajstić information content (AvgIpc) is 3.17. The van der Waals surface area contributed by atoms with E-state index in [0.717, 1.165) is 30.9 Å². The van der Waals surface area contributed by atoms with Crippen LogP contribution in [0.1, 0.15) is 41.0 Å². The standard InChI is InChI=1S/C19H21ClF3N3O2/c20-15-4-2-1-3-14(15)12-26(8-5-13-6-9-28-10-7-13)18(27)16-11-17(25-24-16)19(21,22)23/h1-4,11,13H,5-10,12H2,(H,24,25). The summed E-state index contributed by atoms with van der Waals surface area (Å²) in [5.41, 5.74) is -0.569. The Kier molecular flexibility index (Phi) is 6.61. The second-order valence-corrected chi connectivity index (χ2v) is 7.23. The van der Waals surface area contributed by atoms with Crippen LogP contribution in [0.3, 0.4) is 0 Å². The van der Waals surface area contributed by atoms with Crippen molar-refractivity contribution in [2.45, 2.75) is 32.0 Å². The first kappa shape index (κ1) is 20.7. The third-order valence-corrected chi connectivity index (χ3v) is 5.23. The fraction of sp³-hybridized carbons (Fsp3) is 0.474. The molecule has 1 saturated heterocycles. The molecule has 152 valence electrons. The van der Waals surface area contributed by atoms with Crippen molar-refractivity contribution >= 4 is 17.5 Å². The number of aromatic nitrogens is 2. The number of hydrogen-bond donors (Lipinski definition) is 1. The molecule has 0 bridgehead atoms. The monoisotopic (exact) mass is 415 g/mol. The first-order valence-electron chi connectivity index (χ1n) is 9.07. The number of benzene rings is 1. The Morgan fingerprint density at radius 1 is 1.29 bits per heavy atom. The highest BCUT2D eigenvalue weighted by Gasteiger charge is 2.34. The van der Waals surface area contributed by atoms with Crippen LogP contribution in [-0.4, -0.2) is 40.8 Å². The second kappa shape index (κ2) is 8.96. The van der Waals surface area contributed by atoms with Crippen molar-refractivity contribution in [3.8, 4) is 0 Å². The molecule has 0 atom stereocenters. The molecule has 1 N–H and O–H groups in total. The van der Waals surface area contributed by atoms with E-state index in [4.69, 9.17) is 16.3 Å². The third-order valence-electron chi connectivity index (χ3n) is 4.86. The number of ether oxygens (including phenoxy) is 1. The van der Waals surface area contributed by atoms with Crippen molar-refractivity contribution in [3.05, 3.63) is 52.3 Å². The number of rotatable bonds is 6. The molecule has 0 saturated carbocycles. The Morgan fingerprint density at radius 3 is 2.64 bits per heavy atom. The van der Waals surface area contributed by atoms with E-state index in [1.54, 1.807) is 24.3 Å². The molecule has 0 aliphatic carbocycles. The predicted molar refractivity (Wildman–Crippen MR) is 97.9 cm³/mol. The van der Waals surface area contributed by atoms with Crippen molar-refractivity contribution in [2.75, 3.05) is 19.8 Å². The molecule has 3 rings (SSSR count). The summed E-state index contributed by atoms with van der Waals surface area (Å²) in [6.45, 7) is 1.99. The van der Waals surface area contributed by atoms with Gasteiger partial charge in [-0.2, -0.15) is 18.3 Å². The van der Waals surface area contributed by atoms with Gasteiger partial charge in [0.25, 0.3) is 5.91 Å². The Hall–Kier alpha value is -2.06. The topological polar surface area (TPSA) is 58.2 Å². The third kappa shape index (κ3) is 5.26. The normalized spacial score (nSPS) is 15.6. The number of amides is 1. The minimum absolute atomic E-state index is 0.204. The van der Waals surface area contributed by atoms with Crippen molar-refractivity contribution in [1.82, 2.24) is 15.1 Å². The summed E-state index contributed by atoms with van der Waals surface area (Å²) in [6, 6.07) is 7.84. The number of aromatic amines is 1. The molecule has 9 heteroatoms. The lowest BCUT2D eigenvalue weighted by atomic mass is 9.96. The van der Waals surface area contributed by atoms with E-state index in [0.29, 0.717) is 30.7 Å². The van der Waals surface area contributed by atoms with Gasteiger partial charge < -0.3 is 9.64 Å². The summed E-state index contributed by atoms with van der Waals surface area (Å²) in [5.74, 6) is -0.140. The van der Waals surface area contributed by atoms with Crippen molar-refractivity contribution < 1.29 is 22.7 Å². The molecular weight excluding hydrogens is 395 g/mol. The maximum Gasteiger partial charge on any atom is 0.432 e. The number of nitrogens with zero attached hydrogens (tertiary/aromatic N) is 2. The Bertz CT molecular complexity index is 804. The zero-order chi connectivity index (χ0) is 20.1. The average molecular weight is 416 g/mol. The Morgan fingerprint density at radius 2 is 2.00 bits per heavy atom. The van der Waals surface area contributed by atoms with Crippen molar-refractivity contribution in [1.29, 1.82) is 0 Å². The molecule has 0 unspecified atom stereocenters. The van der Waals surface area contributed by atoms with E-state index in [1.165, 1.54) is 4.90 Å². The first-order valence-corrected chi connectivity index (χ1v) is 9.45. The molecule has 1 aliphatic heterocycles. The summed E-state index contributed by atoms with van der Waals surface area (Å²) >= 11 is 6.21. The highest BCUT2D eigenvalue weighted by atomic mass is 35.5. The molecule has 1 amide bonds. The summed E-state index contributed by atoms with van der Waals surface area (Å²) < 4.78 is 43.8. The van der Waals surface area contributed by atoms with Crippen LogP contribution in [0, 0.1) is 5.92 Å². The van der Waals surface area contributed by atoms with Gasteiger partial charge in [-0.1, -0.05) is 29.8 Å². The van der Waals surface area contributed by atoms with E-state index in [2.05, 4.69) is 5.10 Å². The lowest BCUT2D eigenvalue weighted by Crippen LogP contribution is -2.33. The van der Waals surface area contributed by atoms with E-state index in [-0.39, 0.29) is 12.2 Å². The van der Waals surface area contributed by atoms with Gasteiger partial charge in [0.1, 0.15) is 5.69 Å². The van der Waals surface area contributed by atoms with E-state index in [9.17, 15) is 18.0 Å². The number of halogens is 4. The van der Waals surface area contributed by atoms with Crippen LogP contribution in [0.5, 0.6) is 0 Å². The summed E-state index contributed by atoms with van der Waals surface area (Å²) in [7, 11) is 0. The molecule has 0 radical (unpaired) electrons. The van der Waals surface area contributed by atoms with Crippen LogP contribution in [0.25, 0.3) is 0 Å². The van der Waals surface area contributed by atoms with Gasteiger partial charge in [0, 0.05) is 37.4 Å². The van der Waals surface area contributed by atoms with Gasteiger partial charge in [0.15, 0.2) is 5.69 Å². The lowest BCUT2D eigenvalue weighted by Gasteiger charge is -2.27. The van der Waals surface area contributed by atoms with Gasteiger partial charge >= 0.3 is 6.18 Å². The minimum Gasteiger partial charge on any atom is -0.381 e. The van der Waals surface area contributed by atoms with Gasteiger partial charge in [-0.15, -0.1) is 0 Å². The van der Waals surface area contributed by atoms with Crippen LogP contribution >= 0.6 is 11.6 Å². The van der Waals surface area contributed by atoms with E-state index >= 15 is 0 Å². The van der Waals surface area contributed by atoms with Crippen LogP contribution in [0.4, 0.5) is 13.2 Å². The largest absolute Gasteiger partial charge is 0.432 e. The van der Waals surface area contributed by atoms with Gasteiger partial charge in [-0.05, 0) is 36.8 Å². The predicted octanol–water partition coefficient (Wildman–Crippen LogP) is 4.54. The maximum atomic E-state index is 12.9. The molecule has 1 aromatic heterocycles. The summed E-state index contributed by atoms with van der Waals surface area (Å²) in [6.07, 6.45) is -2.01. The van der Waals surface area contributed by atoms with Crippen molar-refractivity contribution in [2.24, 2.45) is 5.92 Å². The summed E-state index contributed by atoms with van der Waals surface area (Å²) in [4.78, 5) is 14.4. The number of hydrogen-bond acceptors (Lipinski definition) is 3. The zero-order valence-corrected chi connectivity index (χ0v) is 15.9. The number of nitrogens with one attached hydrogen (secondary N) is 1. The molecule has 5 nitrogen and oxygen atoms in total. The maximum absolute atomic E-state index is 12.9. The molecule has 2 heterocycles. The highest BCUT2D eigenvalue weighted by Crippen LogP contribution is 2.28. The molecular formula is C19H21ClF3N3O2. The second-order valence-electron chi connectivity index (χ2n) is 6.83. The molecule has 2 aromatic rings. The van der Waals surface area contributed by atoms with E-state index in [1.807, 2.05) is 5.10 Å². The molecule has 1 aliphatic rings. The Labute approximate surface area is 165 Å². The summed E-state index contributed by atoms with van der Waals surface area (Å²) in [5, 5.41) is 5.97. The van der Waals surface area contributed by atoms with Gasteiger partial charge in [-0.25, -0.2) is 0 Å². The zero-order valence-electron chi connectivity index (χ0n) is 15.1. The van der Waals surface area contributed by atoms with Gasteiger partial charge in [0.05, 0.1) is 0 Å². The van der Waals surface area contributed by atoms with E-state index < -0.39 is 17.8 Å². The fourth-order valence-electron chi connectivity index (χ4n) is 3.20. The number of carbonyl (C=O) groups is 1. The number of alkyl halides is 3. The number of H-pyrrole nitrogens is 1. The van der Waals surface area contributed by atoms with Crippen molar-refractivity contribution in [3.63, 3.8) is 0 Å². The smallest absolute Gasteiger partial charge is 0.381 e. The molecule has 0 spiro atoms. The van der Waals surface area contributed by atoms with Gasteiger partial charge in [-0.3, -0.25) is 9.89 Å². The molecule has 28 heavy (non-hydrogen) atoms. The van der Waals surface area contributed by atoms with Crippen LogP contribution in [0.15, 0.2) is 30.3 Å². The number of carbonyl (C=O) groups excluding carboxylic acids is 1. The van der Waals surface area contributed by atoms with Crippen LogP contribution in [0.2, 0.25) is 5.02 Å². The lowest BCUT2D eigenvalue weighted by molar-refractivity contribution is -0.141. The molecule has 1 aromatic carbocycles.